The number of aliphatic imine (C=N–C) groups is 2. The van der Waals surface area contributed by atoms with Gasteiger partial charge in [-0.05, 0) is 49.9 Å². The molecule has 0 radical (unpaired) electrons. The number of nitrogens with two attached hydrogens (primary N) is 2. The summed E-state index contributed by atoms with van der Waals surface area (Å²) in [5.41, 5.74) is 17.8. The maximum atomic E-state index is 12.5. The van der Waals surface area contributed by atoms with Crippen LogP contribution < -0.4 is 11.5 Å². The molecule has 24 heavy (non-hydrogen) atoms. The van der Waals surface area contributed by atoms with Crippen LogP contribution in [0, 0.1) is 27.7 Å². The predicted octanol–water partition coefficient (Wildman–Crippen LogP) is 1.79. The molecule has 0 atom stereocenters. The largest absolute Gasteiger partial charge is 0.383 e. The zero-order chi connectivity index (χ0) is 17.5. The van der Waals surface area contributed by atoms with Crippen molar-refractivity contribution in [2.75, 3.05) is 0 Å². The number of benzene rings is 2. The van der Waals surface area contributed by atoms with Gasteiger partial charge in [0.1, 0.15) is 11.7 Å². The topological polar surface area (TPSA) is 111 Å². The van der Waals surface area contributed by atoms with Crippen LogP contribution >= 0.6 is 0 Å². The molecule has 2 heterocycles. The van der Waals surface area contributed by atoms with E-state index in [4.69, 9.17) is 11.5 Å². The highest BCUT2D eigenvalue weighted by molar-refractivity contribution is 6.34. The molecule has 6 nitrogen and oxygen atoms in total. The number of nitrogens with zero attached hydrogens (tertiary/aromatic N) is 2. The van der Waals surface area contributed by atoms with Gasteiger partial charge in [0.15, 0.2) is 0 Å². The second-order valence-electron chi connectivity index (χ2n) is 6.35. The van der Waals surface area contributed by atoms with E-state index in [1.807, 2.05) is 27.7 Å². The van der Waals surface area contributed by atoms with Gasteiger partial charge in [0, 0.05) is 21.9 Å². The summed E-state index contributed by atoms with van der Waals surface area (Å²) < 4.78 is 0. The summed E-state index contributed by atoms with van der Waals surface area (Å²) in [6, 6.07) is 0. The number of rotatable bonds is 0. The lowest BCUT2D eigenvalue weighted by Gasteiger charge is -2.27. The van der Waals surface area contributed by atoms with Gasteiger partial charge in [-0.2, -0.15) is 9.98 Å². The Morgan fingerprint density at radius 3 is 1.21 bits per heavy atom. The molecule has 2 amide bonds. The fraction of sp³-hybridized carbons (Fsp3) is 0.222. The molecule has 2 aliphatic heterocycles. The van der Waals surface area contributed by atoms with Gasteiger partial charge in [-0.3, -0.25) is 9.59 Å². The molecule has 0 saturated carbocycles. The summed E-state index contributed by atoms with van der Waals surface area (Å²) in [6.07, 6.45) is 0. The summed E-state index contributed by atoms with van der Waals surface area (Å²) in [7, 11) is 0. The molecular weight excluding hydrogens is 304 g/mol. The monoisotopic (exact) mass is 320 g/mol. The molecule has 0 unspecified atom stereocenters. The van der Waals surface area contributed by atoms with Gasteiger partial charge in [-0.1, -0.05) is 0 Å². The number of hydrogen-bond acceptors (Lipinski definition) is 4. The minimum Gasteiger partial charge on any atom is -0.383 e. The van der Waals surface area contributed by atoms with E-state index >= 15 is 0 Å². The van der Waals surface area contributed by atoms with Gasteiger partial charge in [-0.25, -0.2) is 0 Å². The molecule has 0 fully saturated rings. The Morgan fingerprint density at radius 1 is 0.583 bits per heavy atom. The van der Waals surface area contributed by atoms with Gasteiger partial charge in [0.2, 0.25) is 0 Å². The van der Waals surface area contributed by atoms with Crippen LogP contribution in [0.2, 0.25) is 0 Å². The van der Waals surface area contributed by atoms with Crippen molar-refractivity contribution in [2.24, 2.45) is 21.5 Å². The third kappa shape index (κ3) is 1.45. The van der Waals surface area contributed by atoms with Crippen LogP contribution in [0.3, 0.4) is 0 Å². The lowest BCUT2D eigenvalue weighted by atomic mass is 9.79. The summed E-state index contributed by atoms with van der Waals surface area (Å²) >= 11 is 0. The maximum absolute atomic E-state index is 12.5. The second kappa shape index (κ2) is 4.29. The Bertz CT molecular complexity index is 1000. The maximum Gasteiger partial charge on any atom is 0.279 e. The molecular formula is C18H16N4O2. The fourth-order valence-electron chi connectivity index (χ4n) is 3.87. The van der Waals surface area contributed by atoms with E-state index in [9.17, 15) is 9.59 Å². The third-order valence-electron chi connectivity index (χ3n) is 5.26. The normalized spacial score (nSPS) is 15.7. The molecule has 4 N–H and O–H groups in total. The first-order valence-electron chi connectivity index (χ1n) is 7.63. The highest BCUT2D eigenvalue weighted by atomic mass is 16.2. The van der Waals surface area contributed by atoms with Crippen LogP contribution in [0.25, 0.3) is 10.8 Å². The number of carbonyl (C=O) groups is 2. The number of amidine groups is 2. The summed E-state index contributed by atoms with van der Waals surface area (Å²) in [5.74, 6) is -0.394. The standard InChI is InChI=1S/C18H16N4O2/c1-5-7(3)11-14-10(16(20)22-17(11)23)6(2)8(4)12-13(14)9(5)15(19)21-18(12)24/h1-4H3,(H2,19,21,24)(H2,20,22,23). The van der Waals surface area contributed by atoms with E-state index in [2.05, 4.69) is 9.98 Å². The second-order valence-corrected chi connectivity index (χ2v) is 6.35. The molecule has 120 valence electrons. The van der Waals surface area contributed by atoms with Crippen molar-refractivity contribution in [1.82, 2.24) is 0 Å². The van der Waals surface area contributed by atoms with Gasteiger partial charge in [0.05, 0.1) is 11.1 Å². The van der Waals surface area contributed by atoms with Crippen molar-refractivity contribution in [3.05, 3.63) is 44.5 Å². The molecule has 0 spiro atoms. The summed E-state index contributed by atoms with van der Waals surface area (Å²) in [4.78, 5) is 33.1. The Morgan fingerprint density at radius 2 is 0.875 bits per heavy atom. The van der Waals surface area contributed by atoms with E-state index in [1.54, 1.807) is 0 Å². The average molecular weight is 320 g/mol. The minimum absolute atomic E-state index is 0.183. The van der Waals surface area contributed by atoms with Crippen molar-refractivity contribution >= 4 is 34.3 Å². The zero-order valence-electron chi connectivity index (χ0n) is 13.9. The quantitative estimate of drug-likeness (QED) is 0.770. The highest BCUT2D eigenvalue weighted by Gasteiger charge is 2.34. The van der Waals surface area contributed by atoms with E-state index < -0.39 is 0 Å². The number of hydrogen-bond donors (Lipinski definition) is 2. The van der Waals surface area contributed by atoms with Crippen molar-refractivity contribution in [2.45, 2.75) is 27.7 Å². The van der Waals surface area contributed by atoms with Crippen LogP contribution in [-0.4, -0.2) is 23.5 Å². The first-order valence-corrected chi connectivity index (χ1v) is 7.63. The molecule has 0 aliphatic carbocycles. The van der Waals surface area contributed by atoms with E-state index in [-0.39, 0.29) is 23.5 Å². The molecule has 4 rings (SSSR count). The third-order valence-corrected chi connectivity index (χ3v) is 5.26. The van der Waals surface area contributed by atoms with Gasteiger partial charge < -0.3 is 11.5 Å². The Hall–Kier alpha value is -3.02. The lowest BCUT2D eigenvalue weighted by Crippen LogP contribution is -2.29. The molecule has 0 aromatic heterocycles. The molecule has 2 aromatic carbocycles. The summed E-state index contributed by atoms with van der Waals surface area (Å²) in [5, 5.41) is 1.35. The first kappa shape index (κ1) is 14.6. The molecule has 6 heteroatoms. The minimum atomic E-state index is -0.380. The predicted molar refractivity (Wildman–Crippen MR) is 93.0 cm³/mol. The van der Waals surface area contributed by atoms with Crippen molar-refractivity contribution in [3.8, 4) is 0 Å². The van der Waals surface area contributed by atoms with Gasteiger partial charge in [0.25, 0.3) is 11.8 Å². The van der Waals surface area contributed by atoms with Crippen LogP contribution in [-0.2, 0) is 0 Å². The molecule has 0 saturated heterocycles. The SMILES string of the molecule is Cc1c(C)c2c3c(c(C)c(C)c4c3c1C(=O)N=C4N)C(=O)N=C2N. The lowest BCUT2D eigenvalue weighted by molar-refractivity contribution is 0.0992. The van der Waals surface area contributed by atoms with Crippen molar-refractivity contribution in [1.29, 1.82) is 0 Å². The van der Waals surface area contributed by atoms with E-state index in [0.29, 0.717) is 33.0 Å². The van der Waals surface area contributed by atoms with Crippen molar-refractivity contribution < 1.29 is 9.59 Å². The average Bonchev–Trinajstić information content (AvgIpc) is 2.49. The molecule has 2 aliphatic rings. The smallest absolute Gasteiger partial charge is 0.279 e. The fourth-order valence-corrected chi connectivity index (χ4v) is 3.87. The van der Waals surface area contributed by atoms with Crippen LogP contribution in [0.15, 0.2) is 9.98 Å². The van der Waals surface area contributed by atoms with E-state index in [1.165, 1.54) is 0 Å². The van der Waals surface area contributed by atoms with Crippen molar-refractivity contribution in [3.63, 3.8) is 0 Å². The highest BCUT2D eigenvalue weighted by Crippen LogP contribution is 2.41. The van der Waals surface area contributed by atoms with Gasteiger partial charge >= 0.3 is 0 Å². The number of amides is 2. The Balaban J connectivity index is 2.45. The molecule has 0 bridgehead atoms. The Labute approximate surface area is 138 Å². The zero-order valence-corrected chi connectivity index (χ0v) is 13.9. The Kier molecular flexibility index (Phi) is 2.60. The van der Waals surface area contributed by atoms with Crippen LogP contribution in [0.5, 0.6) is 0 Å². The summed E-state index contributed by atoms with van der Waals surface area (Å²) in [6.45, 7) is 7.48. The van der Waals surface area contributed by atoms with Crippen LogP contribution in [0.1, 0.15) is 54.1 Å². The number of carbonyl (C=O) groups excluding carboxylic acids is 2. The van der Waals surface area contributed by atoms with Gasteiger partial charge in [-0.15, -0.1) is 0 Å². The van der Waals surface area contributed by atoms with Crippen LogP contribution in [0.4, 0.5) is 0 Å². The molecule has 2 aromatic rings. The first-order chi connectivity index (χ1) is 11.3. The van der Waals surface area contributed by atoms with E-state index in [0.717, 1.165) is 22.3 Å².